The van der Waals surface area contributed by atoms with E-state index in [0.717, 1.165) is 5.56 Å². The van der Waals surface area contributed by atoms with Gasteiger partial charge in [-0.25, -0.2) is 0 Å². The van der Waals surface area contributed by atoms with Crippen LogP contribution < -0.4 is 0 Å². The molecule has 0 bridgehead atoms. The van der Waals surface area contributed by atoms with E-state index in [9.17, 15) is 4.79 Å². The fraction of sp³-hybridized carbons (Fsp3) is 0.308. The molecule has 1 saturated heterocycles. The quantitative estimate of drug-likeness (QED) is 0.772. The number of carbonyl (C=O) groups is 1. The Morgan fingerprint density at radius 1 is 1.38 bits per heavy atom. The minimum Gasteiger partial charge on any atom is -0.396 e. The molecule has 0 atom stereocenters. The molecule has 0 spiro atoms. The van der Waals surface area contributed by atoms with Crippen LogP contribution in [0.1, 0.15) is 5.56 Å². The first kappa shape index (κ1) is 10.9. The second-order valence-corrected chi connectivity index (χ2v) is 4.04. The fourth-order valence-corrected chi connectivity index (χ4v) is 1.70. The van der Waals surface area contributed by atoms with Crippen LogP contribution in [-0.2, 0) is 4.79 Å². The number of aliphatic hydroxyl groups excluding tert-OH is 1. The summed E-state index contributed by atoms with van der Waals surface area (Å²) >= 11 is 0. The van der Waals surface area contributed by atoms with Crippen molar-refractivity contribution >= 4 is 12.0 Å². The summed E-state index contributed by atoms with van der Waals surface area (Å²) in [7, 11) is 0. The van der Waals surface area contributed by atoms with Gasteiger partial charge >= 0.3 is 0 Å². The van der Waals surface area contributed by atoms with E-state index in [1.807, 2.05) is 36.4 Å². The maximum atomic E-state index is 11.6. The second kappa shape index (κ2) is 4.94. The third kappa shape index (κ3) is 2.49. The molecule has 0 aromatic heterocycles. The van der Waals surface area contributed by atoms with Crippen molar-refractivity contribution in [3.05, 3.63) is 42.0 Å². The molecule has 0 unspecified atom stereocenters. The summed E-state index contributed by atoms with van der Waals surface area (Å²) in [5, 5.41) is 8.84. The topological polar surface area (TPSA) is 40.5 Å². The molecule has 16 heavy (non-hydrogen) atoms. The molecule has 1 heterocycles. The summed E-state index contributed by atoms with van der Waals surface area (Å²) in [6.45, 7) is 1.52. The van der Waals surface area contributed by atoms with Crippen LogP contribution in [0.25, 0.3) is 6.08 Å². The van der Waals surface area contributed by atoms with E-state index in [0.29, 0.717) is 13.1 Å². The number of nitrogens with zero attached hydrogens (tertiary/aromatic N) is 1. The van der Waals surface area contributed by atoms with E-state index in [-0.39, 0.29) is 18.4 Å². The second-order valence-electron chi connectivity index (χ2n) is 4.04. The van der Waals surface area contributed by atoms with Crippen molar-refractivity contribution in [1.82, 2.24) is 4.90 Å². The van der Waals surface area contributed by atoms with Crippen LogP contribution in [0.2, 0.25) is 0 Å². The number of aliphatic hydroxyl groups is 1. The molecule has 2 rings (SSSR count). The highest BCUT2D eigenvalue weighted by Gasteiger charge is 2.28. The standard InChI is InChI=1S/C13H15NO2/c15-10-12-8-14(9-12)13(16)7-6-11-4-2-1-3-5-11/h1-7,12,15H,8-10H2/b7-6+. The lowest BCUT2D eigenvalue weighted by molar-refractivity contribution is -0.132. The molecule has 1 aromatic rings. The number of amides is 1. The fourth-order valence-electron chi connectivity index (χ4n) is 1.70. The van der Waals surface area contributed by atoms with Gasteiger partial charge in [0.2, 0.25) is 5.91 Å². The Labute approximate surface area is 95.0 Å². The van der Waals surface area contributed by atoms with Crippen LogP contribution in [0.3, 0.4) is 0 Å². The molecule has 1 aromatic carbocycles. The maximum absolute atomic E-state index is 11.6. The van der Waals surface area contributed by atoms with Gasteiger partial charge in [-0.1, -0.05) is 30.3 Å². The lowest BCUT2D eigenvalue weighted by Crippen LogP contribution is -2.50. The van der Waals surface area contributed by atoms with Crippen molar-refractivity contribution in [2.75, 3.05) is 19.7 Å². The SMILES string of the molecule is O=C(/C=C/c1ccccc1)N1CC(CO)C1. The van der Waals surface area contributed by atoms with Gasteiger partial charge in [0.05, 0.1) is 0 Å². The van der Waals surface area contributed by atoms with Gasteiger partial charge in [-0.15, -0.1) is 0 Å². The Morgan fingerprint density at radius 2 is 2.06 bits per heavy atom. The number of hydrogen-bond donors (Lipinski definition) is 1. The van der Waals surface area contributed by atoms with E-state index in [1.54, 1.807) is 11.0 Å². The molecule has 1 amide bonds. The summed E-state index contributed by atoms with van der Waals surface area (Å²) in [5.74, 6) is 0.294. The van der Waals surface area contributed by atoms with Gasteiger partial charge in [-0.2, -0.15) is 0 Å². The smallest absolute Gasteiger partial charge is 0.246 e. The summed E-state index contributed by atoms with van der Waals surface area (Å²) < 4.78 is 0. The zero-order chi connectivity index (χ0) is 11.4. The van der Waals surface area contributed by atoms with Crippen LogP contribution in [-0.4, -0.2) is 35.6 Å². The van der Waals surface area contributed by atoms with Crippen LogP contribution in [0.5, 0.6) is 0 Å². The van der Waals surface area contributed by atoms with Crippen LogP contribution in [0, 0.1) is 5.92 Å². The summed E-state index contributed by atoms with van der Waals surface area (Å²) in [6, 6.07) is 9.73. The monoisotopic (exact) mass is 217 g/mol. The Balaban J connectivity index is 1.86. The number of benzene rings is 1. The number of rotatable bonds is 3. The van der Waals surface area contributed by atoms with Crippen LogP contribution >= 0.6 is 0 Å². The van der Waals surface area contributed by atoms with E-state index < -0.39 is 0 Å². The lowest BCUT2D eigenvalue weighted by Gasteiger charge is -2.37. The Bertz CT molecular complexity index is 380. The predicted octanol–water partition coefficient (Wildman–Crippen LogP) is 1.15. The summed E-state index contributed by atoms with van der Waals surface area (Å²) in [5.41, 5.74) is 1.02. The zero-order valence-electron chi connectivity index (χ0n) is 9.04. The molecule has 1 aliphatic rings. The van der Waals surface area contributed by atoms with E-state index >= 15 is 0 Å². The van der Waals surface area contributed by atoms with Gasteiger partial charge in [0, 0.05) is 31.7 Å². The first-order chi connectivity index (χ1) is 7.79. The molecule has 3 heteroatoms. The van der Waals surface area contributed by atoms with E-state index in [4.69, 9.17) is 5.11 Å². The first-order valence-corrected chi connectivity index (χ1v) is 5.42. The van der Waals surface area contributed by atoms with E-state index in [1.165, 1.54) is 0 Å². The zero-order valence-corrected chi connectivity index (χ0v) is 9.04. The highest BCUT2D eigenvalue weighted by molar-refractivity contribution is 5.92. The van der Waals surface area contributed by atoms with Gasteiger partial charge in [0.1, 0.15) is 0 Å². The minimum atomic E-state index is 0.0218. The Hall–Kier alpha value is -1.61. The minimum absolute atomic E-state index is 0.0218. The molecule has 0 saturated carbocycles. The average Bonchev–Trinajstić information content (AvgIpc) is 2.26. The third-order valence-electron chi connectivity index (χ3n) is 2.74. The highest BCUT2D eigenvalue weighted by atomic mass is 16.3. The molecule has 1 N–H and O–H groups in total. The molecule has 0 radical (unpaired) electrons. The van der Waals surface area contributed by atoms with Crippen molar-refractivity contribution in [1.29, 1.82) is 0 Å². The van der Waals surface area contributed by atoms with Crippen molar-refractivity contribution in [3.63, 3.8) is 0 Å². The van der Waals surface area contributed by atoms with Crippen molar-refractivity contribution < 1.29 is 9.90 Å². The van der Waals surface area contributed by atoms with Crippen LogP contribution in [0.4, 0.5) is 0 Å². The predicted molar refractivity (Wildman–Crippen MR) is 62.6 cm³/mol. The normalized spacial score (nSPS) is 16.4. The first-order valence-electron chi connectivity index (χ1n) is 5.42. The maximum Gasteiger partial charge on any atom is 0.246 e. The van der Waals surface area contributed by atoms with Crippen LogP contribution in [0.15, 0.2) is 36.4 Å². The van der Waals surface area contributed by atoms with Gasteiger partial charge < -0.3 is 10.0 Å². The van der Waals surface area contributed by atoms with Gasteiger partial charge in [0.25, 0.3) is 0 Å². The van der Waals surface area contributed by atoms with Gasteiger partial charge in [-0.3, -0.25) is 4.79 Å². The molecule has 1 aliphatic heterocycles. The molecular weight excluding hydrogens is 202 g/mol. The van der Waals surface area contributed by atoms with E-state index in [2.05, 4.69) is 0 Å². The average molecular weight is 217 g/mol. The number of hydrogen-bond acceptors (Lipinski definition) is 2. The lowest BCUT2D eigenvalue weighted by atomic mass is 10.0. The molecule has 3 nitrogen and oxygen atoms in total. The van der Waals surface area contributed by atoms with Crippen molar-refractivity contribution in [2.45, 2.75) is 0 Å². The summed E-state index contributed by atoms with van der Waals surface area (Å²) in [6.07, 6.45) is 3.40. The van der Waals surface area contributed by atoms with Crippen molar-refractivity contribution in [3.8, 4) is 0 Å². The largest absolute Gasteiger partial charge is 0.396 e. The molecule has 84 valence electrons. The summed E-state index contributed by atoms with van der Waals surface area (Å²) in [4.78, 5) is 13.4. The molecule has 0 aliphatic carbocycles. The molecule has 1 fully saturated rings. The number of likely N-dealkylation sites (tertiary alicyclic amines) is 1. The highest BCUT2D eigenvalue weighted by Crippen LogP contribution is 2.15. The Morgan fingerprint density at radius 3 is 2.69 bits per heavy atom. The van der Waals surface area contributed by atoms with Gasteiger partial charge in [0.15, 0.2) is 0 Å². The Kier molecular flexibility index (Phi) is 3.37. The van der Waals surface area contributed by atoms with Crippen molar-refractivity contribution in [2.24, 2.45) is 5.92 Å². The molecular formula is C13H15NO2. The number of carbonyl (C=O) groups excluding carboxylic acids is 1. The third-order valence-corrected chi connectivity index (χ3v) is 2.74. The van der Waals surface area contributed by atoms with Gasteiger partial charge in [-0.05, 0) is 11.6 Å².